The lowest BCUT2D eigenvalue weighted by Gasteiger charge is -2.33. The summed E-state index contributed by atoms with van der Waals surface area (Å²) in [5, 5.41) is 7.89. The van der Waals surface area contributed by atoms with Gasteiger partial charge in [-0.3, -0.25) is 9.48 Å². The number of hydrogen-bond acceptors (Lipinski definition) is 3. The van der Waals surface area contributed by atoms with E-state index in [2.05, 4.69) is 62.4 Å². The minimum absolute atomic E-state index is 0.0820. The number of carbonyl (C=O) groups excluding carboxylic acids is 1. The second-order valence-corrected chi connectivity index (χ2v) is 7.81. The van der Waals surface area contributed by atoms with E-state index in [4.69, 9.17) is 0 Å². The lowest BCUT2D eigenvalue weighted by atomic mass is 10.0. The van der Waals surface area contributed by atoms with Crippen LogP contribution in [0.2, 0.25) is 0 Å². The molecular weight excluding hydrogens is 324 g/mol. The SMILES string of the molecule is CC(C)c1ccc(N[C@@H]2CCCN(C(=O)c3cnn(C(C)C)c3)C2)cc1. The fraction of sp³-hybridized carbons (Fsp3) is 0.524. The minimum Gasteiger partial charge on any atom is -0.381 e. The molecule has 1 atom stereocenters. The van der Waals surface area contributed by atoms with E-state index in [1.807, 2.05) is 15.8 Å². The number of hydrogen-bond donors (Lipinski definition) is 1. The molecule has 1 aliphatic heterocycles. The summed E-state index contributed by atoms with van der Waals surface area (Å²) in [4.78, 5) is 14.7. The van der Waals surface area contributed by atoms with Crippen LogP contribution in [0.5, 0.6) is 0 Å². The Bertz CT molecular complexity index is 733. The number of nitrogens with one attached hydrogen (secondary N) is 1. The Morgan fingerprint density at radius 1 is 1.19 bits per heavy atom. The van der Waals surface area contributed by atoms with Crippen molar-refractivity contribution in [2.24, 2.45) is 0 Å². The van der Waals surface area contributed by atoms with E-state index in [1.165, 1.54) is 5.56 Å². The van der Waals surface area contributed by atoms with Gasteiger partial charge < -0.3 is 10.2 Å². The van der Waals surface area contributed by atoms with Gasteiger partial charge in [0.25, 0.3) is 5.91 Å². The Labute approximate surface area is 156 Å². The Kier molecular flexibility index (Phi) is 5.64. The van der Waals surface area contributed by atoms with E-state index in [1.54, 1.807) is 6.20 Å². The molecule has 1 aromatic heterocycles. The van der Waals surface area contributed by atoms with Gasteiger partial charge in [0, 0.05) is 37.1 Å². The van der Waals surface area contributed by atoms with Crippen LogP contribution in [0, 0.1) is 0 Å². The standard InChI is InChI=1S/C21H30N4O/c1-15(2)17-7-9-19(10-8-17)23-20-6-5-11-24(14-20)21(26)18-12-22-25(13-18)16(3)4/h7-10,12-13,15-16,20,23H,5-6,11,14H2,1-4H3/t20-/m1/s1. The third-order valence-corrected chi connectivity index (χ3v) is 5.03. The third kappa shape index (κ3) is 4.26. The highest BCUT2D eigenvalue weighted by Gasteiger charge is 2.25. The number of carbonyl (C=O) groups is 1. The Morgan fingerprint density at radius 3 is 2.54 bits per heavy atom. The van der Waals surface area contributed by atoms with Gasteiger partial charge in [-0.25, -0.2) is 0 Å². The summed E-state index contributed by atoms with van der Waals surface area (Å²) in [7, 11) is 0. The van der Waals surface area contributed by atoms with Gasteiger partial charge >= 0.3 is 0 Å². The number of piperidine rings is 1. The van der Waals surface area contributed by atoms with Gasteiger partial charge in [0.15, 0.2) is 0 Å². The van der Waals surface area contributed by atoms with Gasteiger partial charge in [-0.15, -0.1) is 0 Å². The molecule has 1 amide bonds. The maximum Gasteiger partial charge on any atom is 0.257 e. The normalized spacial score (nSPS) is 17.8. The summed E-state index contributed by atoms with van der Waals surface area (Å²) < 4.78 is 1.84. The number of likely N-dealkylation sites (tertiary alicyclic amines) is 1. The van der Waals surface area contributed by atoms with Crippen molar-refractivity contribution in [3.63, 3.8) is 0 Å². The van der Waals surface area contributed by atoms with Crippen LogP contribution in [-0.2, 0) is 0 Å². The highest BCUT2D eigenvalue weighted by atomic mass is 16.2. The number of rotatable bonds is 5. The zero-order valence-corrected chi connectivity index (χ0v) is 16.3. The molecule has 0 radical (unpaired) electrons. The molecule has 1 saturated heterocycles. The molecule has 2 heterocycles. The topological polar surface area (TPSA) is 50.2 Å². The highest BCUT2D eigenvalue weighted by molar-refractivity contribution is 5.93. The van der Waals surface area contributed by atoms with Crippen LogP contribution in [0.25, 0.3) is 0 Å². The summed E-state index contributed by atoms with van der Waals surface area (Å²) in [5.41, 5.74) is 3.15. The van der Waals surface area contributed by atoms with E-state index in [0.29, 0.717) is 11.5 Å². The quantitative estimate of drug-likeness (QED) is 0.871. The molecule has 26 heavy (non-hydrogen) atoms. The molecular formula is C21H30N4O. The van der Waals surface area contributed by atoms with Gasteiger partial charge in [0.05, 0.1) is 11.8 Å². The zero-order chi connectivity index (χ0) is 18.7. The molecule has 0 saturated carbocycles. The maximum atomic E-state index is 12.8. The second kappa shape index (κ2) is 7.94. The van der Waals surface area contributed by atoms with Crippen molar-refractivity contribution in [1.82, 2.24) is 14.7 Å². The predicted octanol–water partition coefficient (Wildman–Crippen LogP) is 4.30. The van der Waals surface area contributed by atoms with E-state index < -0.39 is 0 Å². The van der Waals surface area contributed by atoms with Gasteiger partial charge in [-0.2, -0.15) is 5.10 Å². The number of benzene rings is 1. The lowest BCUT2D eigenvalue weighted by Crippen LogP contribution is -2.45. The molecule has 1 fully saturated rings. The van der Waals surface area contributed by atoms with E-state index >= 15 is 0 Å². The van der Waals surface area contributed by atoms with Crippen molar-refractivity contribution >= 4 is 11.6 Å². The Balaban J connectivity index is 1.62. The molecule has 0 aliphatic carbocycles. The molecule has 5 nitrogen and oxygen atoms in total. The van der Waals surface area contributed by atoms with Gasteiger partial charge in [-0.05, 0) is 50.3 Å². The first kappa shape index (κ1) is 18.5. The van der Waals surface area contributed by atoms with Crippen LogP contribution in [0.1, 0.15) is 68.4 Å². The largest absolute Gasteiger partial charge is 0.381 e. The molecule has 0 bridgehead atoms. The van der Waals surface area contributed by atoms with Crippen molar-refractivity contribution in [2.75, 3.05) is 18.4 Å². The summed E-state index contributed by atoms with van der Waals surface area (Å²) >= 11 is 0. The molecule has 140 valence electrons. The number of anilines is 1. The first-order valence-electron chi connectivity index (χ1n) is 9.64. The monoisotopic (exact) mass is 354 g/mol. The smallest absolute Gasteiger partial charge is 0.257 e. The van der Waals surface area contributed by atoms with Crippen LogP contribution in [0.15, 0.2) is 36.7 Å². The summed E-state index contributed by atoms with van der Waals surface area (Å²) in [6, 6.07) is 9.20. The predicted molar refractivity (Wildman–Crippen MR) is 106 cm³/mol. The Morgan fingerprint density at radius 2 is 1.92 bits per heavy atom. The van der Waals surface area contributed by atoms with E-state index in [-0.39, 0.29) is 18.0 Å². The molecule has 0 spiro atoms. The van der Waals surface area contributed by atoms with Crippen molar-refractivity contribution in [3.05, 3.63) is 47.8 Å². The average Bonchev–Trinajstić information content (AvgIpc) is 3.12. The van der Waals surface area contributed by atoms with Gasteiger partial charge in [0.2, 0.25) is 0 Å². The summed E-state index contributed by atoms with van der Waals surface area (Å²) in [6.07, 6.45) is 5.64. The van der Waals surface area contributed by atoms with E-state index in [9.17, 15) is 4.79 Å². The fourth-order valence-electron chi connectivity index (χ4n) is 3.39. The van der Waals surface area contributed by atoms with Crippen LogP contribution >= 0.6 is 0 Å². The van der Waals surface area contributed by atoms with Crippen molar-refractivity contribution in [3.8, 4) is 0 Å². The van der Waals surface area contributed by atoms with Crippen LogP contribution in [0.4, 0.5) is 5.69 Å². The number of aromatic nitrogens is 2. The van der Waals surface area contributed by atoms with Crippen molar-refractivity contribution in [1.29, 1.82) is 0 Å². The minimum atomic E-state index is 0.0820. The molecule has 1 N–H and O–H groups in total. The summed E-state index contributed by atoms with van der Waals surface area (Å²) in [6.45, 7) is 10.1. The van der Waals surface area contributed by atoms with Gasteiger partial charge in [0.1, 0.15) is 0 Å². The number of nitrogens with zero attached hydrogens (tertiary/aromatic N) is 3. The lowest BCUT2D eigenvalue weighted by molar-refractivity contribution is 0.0714. The molecule has 0 unspecified atom stereocenters. The highest BCUT2D eigenvalue weighted by Crippen LogP contribution is 2.21. The van der Waals surface area contributed by atoms with Crippen molar-refractivity contribution in [2.45, 2.75) is 58.5 Å². The average molecular weight is 354 g/mol. The Hall–Kier alpha value is -2.30. The first-order valence-corrected chi connectivity index (χ1v) is 9.64. The first-order chi connectivity index (χ1) is 12.4. The number of amides is 1. The molecule has 1 aliphatic rings. The van der Waals surface area contributed by atoms with Crippen LogP contribution in [-0.4, -0.2) is 39.7 Å². The summed E-state index contributed by atoms with van der Waals surface area (Å²) in [5.74, 6) is 0.622. The molecule has 3 rings (SSSR count). The molecule has 2 aromatic rings. The zero-order valence-electron chi connectivity index (χ0n) is 16.3. The van der Waals surface area contributed by atoms with Crippen LogP contribution in [0.3, 0.4) is 0 Å². The second-order valence-electron chi connectivity index (χ2n) is 7.81. The van der Waals surface area contributed by atoms with Gasteiger partial charge in [-0.1, -0.05) is 26.0 Å². The fourth-order valence-corrected chi connectivity index (χ4v) is 3.39. The molecule has 1 aromatic carbocycles. The maximum absolute atomic E-state index is 12.8. The van der Waals surface area contributed by atoms with E-state index in [0.717, 1.165) is 31.6 Å². The molecule has 5 heteroatoms. The van der Waals surface area contributed by atoms with Crippen molar-refractivity contribution < 1.29 is 4.79 Å². The third-order valence-electron chi connectivity index (χ3n) is 5.03. The van der Waals surface area contributed by atoms with Crippen LogP contribution < -0.4 is 5.32 Å².